The molecule has 0 aromatic heterocycles. The summed E-state index contributed by atoms with van der Waals surface area (Å²) in [6, 6.07) is 3.23. The molecule has 19 heavy (non-hydrogen) atoms. The molecule has 0 aliphatic carbocycles. The van der Waals surface area contributed by atoms with E-state index in [1.54, 1.807) is 11.9 Å². The first kappa shape index (κ1) is 15.8. The number of ether oxygens (including phenoxy) is 1. The monoisotopic (exact) mass is 291 g/mol. The Balaban J connectivity index is 2.90. The van der Waals surface area contributed by atoms with Crippen LogP contribution in [0.2, 0.25) is 0 Å². The summed E-state index contributed by atoms with van der Waals surface area (Å²) >= 11 is 0. The smallest absolute Gasteiger partial charge is 0.238 e. The number of primary sulfonamides is 1. The third-order valence-corrected chi connectivity index (χ3v) is 3.46. The van der Waals surface area contributed by atoms with Crippen LogP contribution >= 0.6 is 0 Å². The van der Waals surface area contributed by atoms with E-state index in [4.69, 9.17) is 15.6 Å². The van der Waals surface area contributed by atoms with E-state index in [1.165, 1.54) is 19.2 Å². The van der Waals surface area contributed by atoms with Crippen LogP contribution in [-0.2, 0) is 14.8 Å². The predicted molar refractivity (Wildman–Crippen MR) is 70.9 cm³/mol. The van der Waals surface area contributed by atoms with Gasteiger partial charge in [0.05, 0.1) is 17.2 Å². The maximum Gasteiger partial charge on any atom is 0.238 e. The van der Waals surface area contributed by atoms with Gasteiger partial charge in [0.15, 0.2) is 0 Å². The van der Waals surface area contributed by atoms with Gasteiger partial charge in [-0.15, -0.1) is 0 Å². The van der Waals surface area contributed by atoms with E-state index < -0.39 is 15.8 Å². The lowest BCUT2D eigenvalue weighted by Crippen LogP contribution is -2.38. The Labute approximate surface area is 112 Å². The van der Waals surface area contributed by atoms with Crippen molar-refractivity contribution in [3.8, 4) is 0 Å². The normalized spacial score (nSPS) is 13.3. The number of rotatable bonds is 6. The SMILES string of the molecule is COCC(N)CN(C)c1ccc(S(N)(=O)=O)cc1F. The average molecular weight is 291 g/mol. The van der Waals surface area contributed by atoms with Crippen LogP contribution in [0.5, 0.6) is 0 Å². The average Bonchev–Trinajstić information content (AvgIpc) is 2.27. The minimum Gasteiger partial charge on any atom is -0.383 e. The van der Waals surface area contributed by atoms with E-state index in [0.717, 1.165) is 6.07 Å². The van der Waals surface area contributed by atoms with Gasteiger partial charge in [-0.2, -0.15) is 0 Å². The Hall–Kier alpha value is -1.22. The molecular formula is C11H18FN3O3S. The molecule has 1 rings (SSSR count). The molecule has 1 unspecified atom stereocenters. The molecule has 6 nitrogen and oxygen atoms in total. The number of likely N-dealkylation sites (N-methyl/N-ethyl adjacent to an activating group) is 1. The van der Waals surface area contributed by atoms with Crippen LogP contribution in [0, 0.1) is 5.82 Å². The Morgan fingerprint density at radius 3 is 2.58 bits per heavy atom. The van der Waals surface area contributed by atoms with Crippen LogP contribution in [0.3, 0.4) is 0 Å². The Morgan fingerprint density at radius 1 is 1.47 bits per heavy atom. The van der Waals surface area contributed by atoms with Crippen molar-refractivity contribution < 1.29 is 17.5 Å². The molecule has 0 amide bonds. The van der Waals surface area contributed by atoms with Gasteiger partial charge in [-0.1, -0.05) is 0 Å². The summed E-state index contributed by atoms with van der Waals surface area (Å²) in [6.45, 7) is 0.723. The minimum absolute atomic E-state index is 0.249. The van der Waals surface area contributed by atoms with E-state index in [9.17, 15) is 12.8 Å². The number of nitrogens with two attached hydrogens (primary N) is 2. The zero-order chi connectivity index (χ0) is 14.6. The molecular weight excluding hydrogens is 273 g/mol. The number of halogens is 1. The number of benzene rings is 1. The maximum absolute atomic E-state index is 13.8. The molecule has 108 valence electrons. The van der Waals surface area contributed by atoms with Crippen molar-refractivity contribution in [3.05, 3.63) is 24.0 Å². The fraction of sp³-hybridized carbons (Fsp3) is 0.455. The number of hydrogen-bond donors (Lipinski definition) is 2. The van der Waals surface area contributed by atoms with Crippen LogP contribution in [0.25, 0.3) is 0 Å². The van der Waals surface area contributed by atoms with Gasteiger partial charge in [-0.05, 0) is 18.2 Å². The van der Waals surface area contributed by atoms with Crippen LogP contribution < -0.4 is 15.8 Å². The van der Waals surface area contributed by atoms with Crippen molar-refractivity contribution in [1.29, 1.82) is 0 Å². The summed E-state index contributed by atoms with van der Waals surface area (Å²) in [7, 11) is -0.716. The standard InChI is InChI=1S/C11H18FN3O3S/c1-15(6-8(13)7-18-2)11-4-3-9(5-10(11)12)19(14,16)17/h3-5,8H,6-7,13H2,1-2H3,(H2,14,16,17). The molecule has 0 saturated heterocycles. The Bertz CT molecular complexity index is 536. The maximum atomic E-state index is 13.8. The molecule has 0 bridgehead atoms. The van der Waals surface area contributed by atoms with Gasteiger partial charge in [0.1, 0.15) is 5.82 Å². The quantitative estimate of drug-likeness (QED) is 0.761. The number of hydrogen-bond acceptors (Lipinski definition) is 5. The summed E-state index contributed by atoms with van der Waals surface area (Å²) in [5, 5.41) is 4.93. The fourth-order valence-corrected chi connectivity index (χ4v) is 2.22. The molecule has 8 heteroatoms. The van der Waals surface area contributed by atoms with Crippen molar-refractivity contribution in [2.45, 2.75) is 10.9 Å². The van der Waals surface area contributed by atoms with E-state index >= 15 is 0 Å². The number of anilines is 1. The van der Waals surface area contributed by atoms with Gasteiger partial charge in [0.2, 0.25) is 10.0 Å². The van der Waals surface area contributed by atoms with Crippen LogP contribution in [0.4, 0.5) is 10.1 Å². The zero-order valence-corrected chi connectivity index (χ0v) is 11.7. The highest BCUT2D eigenvalue weighted by Crippen LogP contribution is 2.21. The molecule has 0 spiro atoms. The van der Waals surface area contributed by atoms with Crippen molar-refractivity contribution in [3.63, 3.8) is 0 Å². The van der Waals surface area contributed by atoms with Gasteiger partial charge in [0, 0.05) is 26.7 Å². The van der Waals surface area contributed by atoms with Gasteiger partial charge < -0.3 is 15.4 Å². The first-order valence-electron chi connectivity index (χ1n) is 5.53. The lowest BCUT2D eigenvalue weighted by Gasteiger charge is -2.23. The largest absolute Gasteiger partial charge is 0.383 e. The van der Waals surface area contributed by atoms with Crippen molar-refractivity contribution in [1.82, 2.24) is 0 Å². The lowest BCUT2D eigenvalue weighted by atomic mass is 10.2. The third kappa shape index (κ3) is 4.43. The highest BCUT2D eigenvalue weighted by atomic mass is 32.2. The number of sulfonamides is 1. The molecule has 1 aromatic rings. The van der Waals surface area contributed by atoms with E-state index in [-0.39, 0.29) is 16.6 Å². The van der Waals surface area contributed by atoms with E-state index in [1.807, 2.05) is 0 Å². The van der Waals surface area contributed by atoms with Gasteiger partial charge >= 0.3 is 0 Å². The zero-order valence-electron chi connectivity index (χ0n) is 10.8. The topological polar surface area (TPSA) is 98.7 Å². The summed E-state index contributed by atoms with van der Waals surface area (Å²) in [5.41, 5.74) is 6.02. The molecule has 1 atom stereocenters. The Kier molecular flexibility index (Phi) is 5.24. The summed E-state index contributed by atoms with van der Waals surface area (Å²) in [6.07, 6.45) is 0. The molecule has 0 radical (unpaired) electrons. The van der Waals surface area contributed by atoms with Gasteiger partial charge in [0.25, 0.3) is 0 Å². The van der Waals surface area contributed by atoms with Crippen molar-refractivity contribution in [2.24, 2.45) is 10.9 Å². The predicted octanol–water partition coefficient (Wildman–Crippen LogP) is -0.117. The minimum atomic E-state index is -3.90. The molecule has 0 fully saturated rings. The summed E-state index contributed by atoms with van der Waals surface area (Å²) < 4.78 is 40.9. The number of nitrogens with zero attached hydrogens (tertiary/aromatic N) is 1. The van der Waals surface area contributed by atoms with Crippen molar-refractivity contribution in [2.75, 3.05) is 32.2 Å². The fourth-order valence-electron chi connectivity index (χ4n) is 1.69. The van der Waals surface area contributed by atoms with Crippen LogP contribution in [0.15, 0.2) is 23.1 Å². The van der Waals surface area contributed by atoms with E-state index in [2.05, 4.69) is 0 Å². The summed E-state index contributed by atoms with van der Waals surface area (Å²) in [4.78, 5) is 1.33. The second-order valence-corrected chi connectivity index (χ2v) is 5.82. The van der Waals surface area contributed by atoms with Gasteiger partial charge in [-0.3, -0.25) is 0 Å². The molecule has 1 aromatic carbocycles. The van der Waals surface area contributed by atoms with Crippen molar-refractivity contribution >= 4 is 15.7 Å². The van der Waals surface area contributed by atoms with Crippen LogP contribution in [0.1, 0.15) is 0 Å². The summed E-state index contributed by atoms with van der Waals surface area (Å²) in [5.74, 6) is -0.668. The number of methoxy groups -OCH3 is 1. The second kappa shape index (κ2) is 6.29. The molecule has 0 aliphatic rings. The van der Waals surface area contributed by atoms with Crippen LogP contribution in [-0.4, -0.2) is 41.8 Å². The first-order chi connectivity index (χ1) is 8.75. The first-order valence-corrected chi connectivity index (χ1v) is 7.08. The second-order valence-electron chi connectivity index (χ2n) is 4.25. The van der Waals surface area contributed by atoms with E-state index in [0.29, 0.717) is 13.2 Å². The highest BCUT2D eigenvalue weighted by molar-refractivity contribution is 7.89. The molecule has 0 saturated carbocycles. The molecule has 4 N–H and O–H groups in total. The molecule has 0 heterocycles. The lowest BCUT2D eigenvalue weighted by molar-refractivity contribution is 0.181. The van der Waals surface area contributed by atoms with Gasteiger partial charge in [-0.25, -0.2) is 17.9 Å². The molecule has 0 aliphatic heterocycles. The Morgan fingerprint density at radius 2 is 2.11 bits per heavy atom. The third-order valence-electron chi connectivity index (χ3n) is 2.55. The highest BCUT2D eigenvalue weighted by Gasteiger charge is 2.15.